The molecule has 0 bridgehead atoms. The van der Waals surface area contributed by atoms with Crippen molar-refractivity contribution in [1.29, 1.82) is 5.41 Å². The molecule has 0 aliphatic rings. The summed E-state index contributed by atoms with van der Waals surface area (Å²) >= 11 is 0. The van der Waals surface area contributed by atoms with Gasteiger partial charge >= 0.3 is 0 Å². The molecule has 3 heteroatoms. The average molecular weight is 226 g/mol. The summed E-state index contributed by atoms with van der Waals surface area (Å²) in [6.45, 7) is 0. The van der Waals surface area contributed by atoms with Crippen LogP contribution >= 0.6 is 0 Å². The number of nitrogens with one attached hydrogen (secondary N) is 1. The van der Waals surface area contributed by atoms with E-state index in [0.717, 1.165) is 16.9 Å². The molecule has 2 aromatic carbocycles. The minimum Gasteiger partial charge on any atom is -0.497 e. The van der Waals surface area contributed by atoms with E-state index in [9.17, 15) is 0 Å². The molecule has 0 amide bonds. The maximum atomic E-state index is 8.10. The molecular formula is C14H14N2O. The van der Waals surface area contributed by atoms with Crippen LogP contribution < -0.4 is 10.5 Å². The minimum atomic E-state index is 0.458. The van der Waals surface area contributed by atoms with E-state index in [4.69, 9.17) is 15.9 Å². The first-order valence-electron chi connectivity index (χ1n) is 5.29. The van der Waals surface area contributed by atoms with Gasteiger partial charge in [-0.25, -0.2) is 0 Å². The van der Waals surface area contributed by atoms with E-state index < -0.39 is 0 Å². The summed E-state index contributed by atoms with van der Waals surface area (Å²) in [5.41, 5.74) is 8.49. The molecule has 17 heavy (non-hydrogen) atoms. The van der Waals surface area contributed by atoms with Gasteiger partial charge in [0, 0.05) is 16.8 Å². The van der Waals surface area contributed by atoms with Gasteiger partial charge in [-0.1, -0.05) is 12.1 Å². The predicted octanol–water partition coefficient (Wildman–Crippen LogP) is 2.69. The molecule has 0 aliphatic heterocycles. The number of hydrogen-bond acceptors (Lipinski definition) is 3. The molecule has 3 N–H and O–H groups in total. The van der Waals surface area contributed by atoms with Gasteiger partial charge in [-0.05, 0) is 36.4 Å². The number of methoxy groups -OCH3 is 1. The molecule has 0 unspecified atom stereocenters. The second-order valence-electron chi connectivity index (χ2n) is 3.73. The summed E-state index contributed by atoms with van der Waals surface area (Å²) in [6, 6.07) is 14.8. The van der Waals surface area contributed by atoms with Crippen LogP contribution in [0.5, 0.6) is 5.75 Å². The Morgan fingerprint density at radius 3 is 2.35 bits per heavy atom. The van der Waals surface area contributed by atoms with E-state index in [1.54, 1.807) is 13.2 Å². The highest BCUT2D eigenvalue weighted by atomic mass is 16.5. The zero-order chi connectivity index (χ0) is 12.3. The third-order valence-electron chi connectivity index (χ3n) is 2.55. The summed E-state index contributed by atoms with van der Waals surface area (Å²) in [5.74, 6) is 0.786. The fraction of sp³-hybridized carbons (Fsp3) is 0.0714. The molecule has 0 radical (unpaired) electrons. The van der Waals surface area contributed by atoms with Crippen molar-refractivity contribution in [2.45, 2.75) is 0 Å². The molecule has 2 rings (SSSR count). The Balaban J connectivity index is 2.30. The maximum Gasteiger partial charge on any atom is 0.118 e. The van der Waals surface area contributed by atoms with Crippen molar-refractivity contribution in [3.63, 3.8) is 0 Å². The van der Waals surface area contributed by atoms with E-state index >= 15 is 0 Å². The molecule has 0 spiro atoms. The summed E-state index contributed by atoms with van der Waals surface area (Å²) in [6.07, 6.45) is 0. The molecule has 0 fully saturated rings. The molecule has 0 saturated heterocycles. The molecule has 3 nitrogen and oxygen atoms in total. The minimum absolute atomic E-state index is 0.458. The van der Waals surface area contributed by atoms with Crippen LogP contribution in [0.2, 0.25) is 0 Å². The predicted molar refractivity (Wildman–Crippen MR) is 69.8 cm³/mol. The fourth-order valence-electron chi connectivity index (χ4n) is 1.62. The Morgan fingerprint density at radius 1 is 1.06 bits per heavy atom. The summed E-state index contributed by atoms with van der Waals surface area (Å²) in [7, 11) is 1.62. The van der Waals surface area contributed by atoms with Crippen molar-refractivity contribution in [2.75, 3.05) is 12.8 Å². The van der Waals surface area contributed by atoms with Gasteiger partial charge in [-0.2, -0.15) is 0 Å². The lowest BCUT2D eigenvalue weighted by molar-refractivity contribution is 0.415. The van der Waals surface area contributed by atoms with Crippen molar-refractivity contribution in [3.8, 4) is 5.75 Å². The lowest BCUT2D eigenvalue weighted by Gasteiger charge is -2.06. The number of nitrogen functional groups attached to an aromatic ring is 1. The van der Waals surface area contributed by atoms with E-state index in [1.165, 1.54) is 0 Å². The quantitative estimate of drug-likeness (QED) is 0.624. The van der Waals surface area contributed by atoms with Crippen molar-refractivity contribution >= 4 is 11.4 Å². The normalized spacial score (nSPS) is 9.94. The van der Waals surface area contributed by atoms with Gasteiger partial charge < -0.3 is 10.5 Å². The third kappa shape index (κ3) is 2.45. The van der Waals surface area contributed by atoms with Crippen LogP contribution in [-0.4, -0.2) is 12.8 Å². The van der Waals surface area contributed by atoms with Gasteiger partial charge in [0.1, 0.15) is 5.75 Å². The average Bonchev–Trinajstić information content (AvgIpc) is 2.38. The van der Waals surface area contributed by atoms with Crippen molar-refractivity contribution in [2.24, 2.45) is 0 Å². The molecule has 0 saturated carbocycles. The van der Waals surface area contributed by atoms with Crippen molar-refractivity contribution in [1.82, 2.24) is 0 Å². The van der Waals surface area contributed by atoms with Crippen molar-refractivity contribution in [3.05, 3.63) is 59.7 Å². The Bertz CT molecular complexity index is 532. The van der Waals surface area contributed by atoms with Crippen LogP contribution in [0.25, 0.3) is 0 Å². The topological polar surface area (TPSA) is 59.1 Å². The second kappa shape index (κ2) is 4.70. The Morgan fingerprint density at radius 2 is 1.76 bits per heavy atom. The highest BCUT2D eigenvalue weighted by molar-refractivity contribution is 6.11. The molecule has 2 aromatic rings. The maximum absolute atomic E-state index is 8.10. The lowest BCUT2D eigenvalue weighted by atomic mass is 10.0. The Hall–Kier alpha value is -2.29. The smallest absolute Gasteiger partial charge is 0.118 e. The number of anilines is 1. The Labute approximate surface area is 100 Å². The van der Waals surface area contributed by atoms with Gasteiger partial charge in [0.15, 0.2) is 0 Å². The van der Waals surface area contributed by atoms with E-state index in [0.29, 0.717) is 11.4 Å². The number of nitrogens with two attached hydrogens (primary N) is 1. The molecule has 0 atom stereocenters. The van der Waals surface area contributed by atoms with Crippen LogP contribution in [0.4, 0.5) is 5.69 Å². The van der Waals surface area contributed by atoms with Gasteiger partial charge in [0.25, 0.3) is 0 Å². The summed E-state index contributed by atoms with van der Waals surface area (Å²) < 4.78 is 5.08. The van der Waals surface area contributed by atoms with Gasteiger partial charge in [0.2, 0.25) is 0 Å². The van der Waals surface area contributed by atoms with Gasteiger partial charge in [-0.15, -0.1) is 0 Å². The third-order valence-corrected chi connectivity index (χ3v) is 2.55. The number of ether oxygens (including phenoxy) is 1. The zero-order valence-electron chi connectivity index (χ0n) is 9.60. The van der Waals surface area contributed by atoms with E-state index in [2.05, 4.69) is 0 Å². The molecular weight excluding hydrogens is 212 g/mol. The molecule has 86 valence electrons. The number of hydrogen-bond donors (Lipinski definition) is 2. The molecule has 0 aromatic heterocycles. The fourth-order valence-corrected chi connectivity index (χ4v) is 1.62. The zero-order valence-corrected chi connectivity index (χ0v) is 9.60. The first kappa shape index (κ1) is 11.2. The van der Waals surface area contributed by atoms with Gasteiger partial charge in [0.05, 0.1) is 12.8 Å². The number of rotatable bonds is 3. The second-order valence-corrected chi connectivity index (χ2v) is 3.73. The monoisotopic (exact) mass is 226 g/mol. The molecule has 0 heterocycles. The van der Waals surface area contributed by atoms with Crippen molar-refractivity contribution < 1.29 is 4.74 Å². The Kier molecular flexibility index (Phi) is 3.10. The van der Waals surface area contributed by atoms with Gasteiger partial charge in [-0.3, -0.25) is 5.41 Å². The first-order chi connectivity index (χ1) is 8.20. The molecule has 0 aliphatic carbocycles. The lowest BCUT2D eigenvalue weighted by Crippen LogP contribution is -2.02. The highest BCUT2D eigenvalue weighted by Gasteiger charge is 2.04. The van der Waals surface area contributed by atoms with E-state index in [1.807, 2.05) is 42.5 Å². The van der Waals surface area contributed by atoms with E-state index in [-0.39, 0.29) is 0 Å². The summed E-state index contributed by atoms with van der Waals surface area (Å²) in [5, 5.41) is 8.10. The highest BCUT2D eigenvalue weighted by Crippen LogP contribution is 2.16. The largest absolute Gasteiger partial charge is 0.497 e. The first-order valence-corrected chi connectivity index (χ1v) is 5.29. The van der Waals surface area contributed by atoms with Crippen LogP contribution in [-0.2, 0) is 0 Å². The standard InChI is InChI=1S/C14H14N2O/c1-17-13-7-5-10(6-8-13)14(16)11-3-2-4-12(15)9-11/h2-9,16H,15H2,1H3. The summed E-state index contributed by atoms with van der Waals surface area (Å²) in [4.78, 5) is 0. The van der Waals surface area contributed by atoms with Crippen LogP contribution in [0.15, 0.2) is 48.5 Å². The SMILES string of the molecule is COc1ccc(C(=N)c2cccc(N)c2)cc1. The number of benzene rings is 2. The van der Waals surface area contributed by atoms with Crippen LogP contribution in [0, 0.1) is 5.41 Å². The van der Waals surface area contributed by atoms with Crippen LogP contribution in [0.3, 0.4) is 0 Å². The van der Waals surface area contributed by atoms with Crippen LogP contribution in [0.1, 0.15) is 11.1 Å².